The molecule has 0 aromatic carbocycles. The Labute approximate surface area is 147 Å². The number of hydrogen-bond donors (Lipinski definition) is 0. The average molecular weight is 346 g/mol. The molecule has 8 nitrogen and oxygen atoms in total. The van der Waals surface area contributed by atoms with Crippen molar-refractivity contribution >= 4 is 5.91 Å². The molecule has 0 spiro atoms. The quantitative estimate of drug-likeness (QED) is 0.758. The van der Waals surface area contributed by atoms with E-state index in [1.807, 2.05) is 18.5 Å². The fourth-order valence-corrected chi connectivity index (χ4v) is 3.14. The summed E-state index contributed by atoms with van der Waals surface area (Å²) in [5.74, 6) is -0.105. The highest BCUT2D eigenvalue weighted by atomic mass is 16.5. The van der Waals surface area contributed by atoms with E-state index in [-0.39, 0.29) is 12.0 Å². The Kier molecular flexibility index (Phi) is 5.47. The van der Waals surface area contributed by atoms with Gasteiger partial charge in [-0.2, -0.15) is 5.10 Å². The van der Waals surface area contributed by atoms with Crippen LogP contribution in [0.2, 0.25) is 0 Å². The maximum atomic E-state index is 12.5. The van der Waals surface area contributed by atoms with E-state index in [1.165, 1.54) is 0 Å². The Hall–Kier alpha value is -2.22. The summed E-state index contributed by atoms with van der Waals surface area (Å²) < 4.78 is 9.27. The zero-order chi connectivity index (χ0) is 17.8. The summed E-state index contributed by atoms with van der Waals surface area (Å²) in [6.07, 6.45) is 4.86. The zero-order valence-corrected chi connectivity index (χ0v) is 15.2. The van der Waals surface area contributed by atoms with Crippen LogP contribution in [0.3, 0.4) is 0 Å². The molecule has 0 unspecified atom stereocenters. The molecule has 1 aliphatic rings. The van der Waals surface area contributed by atoms with Gasteiger partial charge in [-0.3, -0.25) is 9.48 Å². The van der Waals surface area contributed by atoms with Gasteiger partial charge in [0.05, 0.1) is 24.5 Å². The van der Waals surface area contributed by atoms with E-state index in [2.05, 4.69) is 21.5 Å². The lowest BCUT2D eigenvalue weighted by molar-refractivity contribution is 0.0785. The van der Waals surface area contributed by atoms with Gasteiger partial charge in [-0.25, -0.2) is 4.68 Å². The van der Waals surface area contributed by atoms with Crippen LogP contribution >= 0.6 is 0 Å². The van der Waals surface area contributed by atoms with Crippen molar-refractivity contribution in [3.8, 4) is 0 Å². The van der Waals surface area contributed by atoms with Crippen molar-refractivity contribution in [1.82, 2.24) is 29.7 Å². The lowest BCUT2D eigenvalue weighted by atomic mass is 10.2. The second-order valence-electron chi connectivity index (χ2n) is 6.69. The molecule has 1 aliphatic heterocycles. The largest absolute Gasteiger partial charge is 0.376 e. The van der Waals surface area contributed by atoms with E-state index in [0.29, 0.717) is 18.8 Å². The van der Waals surface area contributed by atoms with Gasteiger partial charge in [0.2, 0.25) is 0 Å². The molecule has 1 atom stereocenters. The van der Waals surface area contributed by atoms with E-state index in [4.69, 9.17) is 4.74 Å². The predicted octanol–water partition coefficient (Wildman–Crippen LogP) is 1.43. The van der Waals surface area contributed by atoms with Crippen molar-refractivity contribution in [3.63, 3.8) is 0 Å². The number of ether oxygens (including phenoxy) is 1. The Bertz CT molecular complexity index is 717. The highest BCUT2D eigenvalue weighted by molar-refractivity contribution is 5.91. The van der Waals surface area contributed by atoms with Gasteiger partial charge in [0.1, 0.15) is 0 Å². The van der Waals surface area contributed by atoms with Crippen LogP contribution in [0, 0.1) is 13.8 Å². The number of aryl methyl sites for hydroxylation is 3. The van der Waals surface area contributed by atoms with Crippen molar-refractivity contribution in [2.24, 2.45) is 0 Å². The molecule has 136 valence electrons. The SMILES string of the molecule is Cc1cc(C)n(CCCN(C)C(=O)c2cn(C[C@@H]3CCCO3)nn2)n1. The highest BCUT2D eigenvalue weighted by Gasteiger charge is 2.19. The van der Waals surface area contributed by atoms with Crippen molar-refractivity contribution in [2.45, 2.75) is 52.3 Å². The molecule has 2 aromatic heterocycles. The van der Waals surface area contributed by atoms with Crippen molar-refractivity contribution in [2.75, 3.05) is 20.2 Å². The summed E-state index contributed by atoms with van der Waals surface area (Å²) in [5.41, 5.74) is 2.54. The average Bonchev–Trinajstić information content (AvgIpc) is 3.30. The minimum Gasteiger partial charge on any atom is -0.376 e. The fourth-order valence-electron chi connectivity index (χ4n) is 3.14. The molecule has 8 heteroatoms. The lowest BCUT2D eigenvalue weighted by Gasteiger charge is -2.15. The predicted molar refractivity (Wildman–Crippen MR) is 92.3 cm³/mol. The van der Waals surface area contributed by atoms with Gasteiger partial charge in [-0.15, -0.1) is 5.10 Å². The van der Waals surface area contributed by atoms with Gasteiger partial charge in [-0.1, -0.05) is 5.21 Å². The zero-order valence-electron chi connectivity index (χ0n) is 15.2. The van der Waals surface area contributed by atoms with Crippen LogP contribution in [0.4, 0.5) is 0 Å². The topological polar surface area (TPSA) is 78.1 Å². The number of carbonyl (C=O) groups is 1. The second-order valence-corrected chi connectivity index (χ2v) is 6.69. The van der Waals surface area contributed by atoms with Crippen LogP contribution in [0.5, 0.6) is 0 Å². The van der Waals surface area contributed by atoms with Gasteiger partial charge in [0.15, 0.2) is 5.69 Å². The molecule has 0 saturated carbocycles. The van der Waals surface area contributed by atoms with Crippen LogP contribution < -0.4 is 0 Å². The third-order valence-electron chi connectivity index (χ3n) is 4.49. The van der Waals surface area contributed by atoms with Crippen molar-refractivity contribution in [3.05, 3.63) is 29.3 Å². The Morgan fingerprint density at radius 2 is 2.28 bits per heavy atom. The Balaban J connectivity index is 1.48. The molecule has 1 saturated heterocycles. The van der Waals surface area contributed by atoms with Crippen molar-refractivity contribution in [1.29, 1.82) is 0 Å². The van der Waals surface area contributed by atoms with Gasteiger partial charge in [-0.05, 0) is 39.2 Å². The molecule has 1 fully saturated rings. The Morgan fingerprint density at radius 3 is 2.96 bits per heavy atom. The summed E-state index contributed by atoms with van der Waals surface area (Å²) in [6.45, 7) is 6.93. The molecule has 0 N–H and O–H groups in total. The van der Waals surface area contributed by atoms with Crippen molar-refractivity contribution < 1.29 is 9.53 Å². The first-order valence-electron chi connectivity index (χ1n) is 8.81. The molecule has 0 aliphatic carbocycles. The minimum absolute atomic E-state index is 0.105. The van der Waals surface area contributed by atoms with Crippen LogP contribution in [-0.2, 0) is 17.8 Å². The molecule has 25 heavy (non-hydrogen) atoms. The van der Waals surface area contributed by atoms with E-state index in [9.17, 15) is 4.79 Å². The van der Waals surface area contributed by atoms with Crippen LogP contribution in [0.25, 0.3) is 0 Å². The monoisotopic (exact) mass is 346 g/mol. The maximum absolute atomic E-state index is 12.5. The van der Waals surface area contributed by atoms with Crippen LogP contribution in [0.1, 0.15) is 41.1 Å². The van der Waals surface area contributed by atoms with E-state index in [1.54, 1.807) is 22.8 Å². The van der Waals surface area contributed by atoms with E-state index >= 15 is 0 Å². The maximum Gasteiger partial charge on any atom is 0.275 e. The first-order chi connectivity index (χ1) is 12.0. The third kappa shape index (κ3) is 4.45. The molecule has 0 bridgehead atoms. The number of hydrogen-bond acceptors (Lipinski definition) is 5. The fraction of sp³-hybridized carbons (Fsp3) is 0.647. The molecular weight excluding hydrogens is 320 g/mol. The summed E-state index contributed by atoms with van der Waals surface area (Å²) in [4.78, 5) is 14.2. The lowest BCUT2D eigenvalue weighted by Crippen LogP contribution is -2.29. The van der Waals surface area contributed by atoms with Crippen LogP contribution in [-0.4, -0.2) is 61.9 Å². The highest BCUT2D eigenvalue weighted by Crippen LogP contribution is 2.13. The molecule has 0 radical (unpaired) electrons. The first kappa shape index (κ1) is 17.6. The van der Waals surface area contributed by atoms with Gasteiger partial charge >= 0.3 is 0 Å². The van der Waals surface area contributed by atoms with Gasteiger partial charge in [0, 0.05) is 32.4 Å². The van der Waals surface area contributed by atoms with E-state index in [0.717, 1.165) is 43.8 Å². The summed E-state index contributed by atoms with van der Waals surface area (Å²) in [7, 11) is 1.79. The molecule has 2 aromatic rings. The number of nitrogens with zero attached hydrogens (tertiary/aromatic N) is 6. The minimum atomic E-state index is -0.105. The summed E-state index contributed by atoms with van der Waals surface area (Å²) >= 11 is 0. The summed E-state index contributed by atoms with van der Waals surface area (Å²) in [5, 5.41) is 12.5. The van der Waals surface area contributed by atoms with E-state index < -0.39 is 0 Å². The number of aromatic nitrogens is 5. The first-order valence-corrected chi connectivity index (χ1v) is 8.81. The van der Waals surface area contributed by atoms with Gasteiger partial charge < -0.3 is 9.64 Å². The normalized spacial score (nSPS) is 17.2. The molecule has 1 amide bonds. The van der Waals surface area contributed by atoms with Crippen LogP contribution in [0.15, 0.2) is 12.3 Å². The number of amides is 1. The standard InChI is InChI=1S/C17H26N6O2/c1-13-10-14(2)23(19-13)8-5-7-21(3)17(24)16-12-22(20-18-16)11-15-6-4-9-25-15/h10,12,15H,4-9,11H2,1-3H3/t15-/m0/s1. The number of rotatable bonds is 7. The third-order valence-corrected chi connectivity index (χ3v) is 4.49. The van der Waals surface area contributed by atoms with Gasteiger partial charge in [0.25, 0.3) is 5.91 Å². The molecule has 3 rings (SSSR count). The summed E-state index contributed by atoms with van der Waals surface area (Å²) in [6, 6.07) is 2.06. The molecule has 3 heterocycles. The Morgan fingerprint density at radius 1 is 1.44 bits per heavy atom. The number of carbonyl (C=O) groups excluding carboxylic acids is 1. The second kappa shape index (κ2) is 7.77. The molecular formula is C17H26N6O2. The smallest absolute Gasteiger partial charge is 0.275 e.